The second kappa shape index (κ2) is 24.9. The Kier molecular flexibility index (Phi) is 20.6. The maximum absolute atomic E-state index is 13.1. The van der Waals surface area contributed by atoms with Crippen molar-refractivity contribution in [2.75, 3.05) is 59.2 Å². The van der Waals surface area contributed by atoms with Gasteiger partial charge in [0.05, 0.1) is 26.4 Å². The number of nitrogens with one attached hydrogen (secondary N) is 5. The smallest absolute Gasteiger partial charge is 0.253 e. The van der Waals surface area contributed by atoms with Crippen LogP contribution >= 0.6 is 0 Å². The topological polar surface area (TPSA) is 265 Å². The number of carbonyl (C=O) groups is 8. The number of hydrogen-bond acceptors (Lipinski definition) is 11. The molecule has 53 heavy (non-hydrogen) atoms. The summed E-state index contributed by atoms with van der Waals surface area (Å²) < 4.78 is 10.6. The van der Waals surface area contributed by atoms with Crippen LogP contribution in [0.2, 0.25) is 0 Å². The van der Waals surface area contributed by atoms with Crippen molar-refractivity contribution in [3.05, 3.63) is 48.0 Å². The summed E-state index contributed by atoms with van der Waals surface area (Å²) in [5.74, 6) is -4.24. The highest BCUT2D eigenvalue weighted by molar-refractivity contribution is 6.13. The van der Waals surface area contributed by atoms with E-state index in [0.29, 0.717) is 25.8 Å². The Morgan fingerprint density at radius 3 is 2.04 bits per heavy atom. The fourth-order valence-corrected chi connectivity index (χ4v) is 4.75. The minimum absolute atomic E-state index is 0.0193. The lowest BCUT2D eigenvalue weighted by atomic mass is 10.0. The number of amides is 8. The number of carbonyl (C=O) groups excluding carboxylic acids is 8. The highest BCUT2D eigenvalue weighted by Crippen LogP contribution is 2.06. The Morgan fingerprint density at radius 1 is 0.755 bits per heavy atom. The van der Waals surface area contributed by atoms with Crippen LogP contribution in [0.5, 0.6) is 0 Å². The summed E-state index contributed by atoms with van der Waals surface area (Å²) in [4.78, 5) is 97.5. The van der Waals surface area contributed by atoms with E-state index in [2.05, 4.69) is 26.6 Å². The summed E-state index contributed by atoms with van der Waals surface area (Å²) in [6.45, 7) is 1.56. The first-order valence-electron chi connectivity index (χ1n) is 17.4. The monoisotopic (exact) mass is 745 g/mol. The molecule has 18 nitrogen and oxygen atoms in total. The number of primary amides is 1. The molecule has 0 fully saturated rings. The first kappa shape index (κ1) is 44.0. The first-order valence-corrected chi connectivity index (χ1v) is 17.4. The van der Waals surface area contributed by atoms with Crippen LogP contribution in [-0.4, -0.2) is 129 Å². The Balaban J connectivity index is 1.67. The highest BCUT2D eigenvalue weighted by atomic mass is 16.5. The van der Waals surface area contributed by atoms with Crippen molar-refractivity contribution in [2.45, 2.75) is 57.5 Å². The van der Waals surface area contributed by atoms with Gasteiger partial charge in [-0.2, -0.15) is 0 Å². The fraction of sp³-hybridized carbons (Fsp3) is 0.543. The van der Waals surface area contributed by atoms with Crippen LogP contribution in [0.4, 0.5) is 0 Å². The molecule has 292 valence electrons. The molecular weight excluding hydrogens is 694 g/mol. The van der Waals surface area contributed by atoms with Crippen molar-refractivity contribution >= 4 is 47.3 Å². The zero-order chi connectivity index (χ0) is 39.0. The van der Waals surface area contributed by atoms with E-state index in [1.165, 1.54) is 0 Å². The van der Waals surface area contributed by atoms with Gasteiger partial charge >= 0.3 is 0 Å². The molecule has 1 aromatic carbocycles. The molecule has 0 saturated heterocycles. The third-order valence-electron chi connectivity index (χ3n) is 7.90. The summed E-state index contributed by atoms with van der Waals surface area (Å²) in [6.07, 6.45) is 4.05. The number of aliphatic hydroxyl groups excluding tert-OH is 1. The largest absolute Gasteiger partial charge is 0.394 e. The normalized spacial score (nSPS) is 13.9. The number of hydrogen-bond donors (Lipinski definition) is 7. The lowest BCUT2D eigenvalue weighted by Crippen LogP contribution is -2.56. The zero-order valence-corrected chi connectivity index (χ0v) is 29.9. The molecule has 0 radical (unpaired) electrons. The van der Waals surface area contributed by atoms with E-state index in [1.54, 1.807) is 31.2 Å². The zero-order valence-electron chi connectivity index (χ0n) is 29.9. The third-order valence-corrected chi connectivity index (χ3v) is 7.90. The molecule has 1 heterocycles. The highest BCUT2D eigenvalue weighted by Gasteiger charge is 2.27. The Morgan fingerprint density at radius 2 is 1.38 bits per heavy atom. The quantitative estimate of drug-likeness (QED) is 0.0368. The van der Waals surface area contributed by atoms with Crippen molar-refractivity contribution in [3.8, 4) is 0 Å². The Labute approximate surface area is 307 Å². The number of unbranched alkanes of at least 4 members (excludes halogenated alkanes) is 1. The molecule has 0 spiro atoms. The molecule has 0 bridgehead atoms. The van der Waals surface area contributed by atoms with E-state index in [4.69, 9.17) is 15.2 Å². The van der Waals surface area contributed by atoms with Crippen LogP contribution in [0, 0.1) is 5.92 Å². The van der Waals surface area contributed by atoms with E-state index in [-0.39, 0.29) is 70.5 Å². The van der Waals surface area contributed by atoms with Crippen molar-refractivity contribution in [3.63, 3.8) is 0 Å². The second-order valence-corrected chi connectivity index (χ2v) is 12.2. The lowest BCUT2D eigenvalue weighted by molar-refractivity contribution is -0.137. The maximum Gasteiger partial charge on any atom is 0.253 e. The molecule has 3 atom stereocenters. The molecular formula is C35H51N7O11. The SMILES string of the molecule is CC(CCC(=O)NCCCCNC(=O)C(Cc1ccccc1)NC(=O)C(CO)NC(=O)COCCOCCNC(=O)CCN1C(=O)C=CC1=O)C(N)=O. The molecule has 8 N–H and O–H groups in total. The molecule has 1 aliphatic heterocycles. The second-order valence-electron chi connectivity index (χ2n) is 12.2. The van der Waals surface area contributed by atoms with Gasteiger partial charge in [0.2, 0.25) is 35.4 Å². The minimum atomic E-state index is -1.36. The third kappa shape index (κ3) is 18.2. The maximum atomic E-state index is 13.1. The molecule has 1 aromatic rings. The van der Waals surface area contributed by atoms with E-state index in [1.807, 2.05) is 6.07 Å². The van der Waals surface area contributed by atoms with Crippen LogP contribution in [-0.2, 0) is 54.3 Å². The Hall–Kier alpha value is -5.20. The summed E-state index contributed by atoms with van der Waals surface area (Å²) >= 11 is 0. The molecule has 3 unspecified atom stereocenters. The van der Waals surface area contributed by atoms with Gasteiger partial charge in [-0.3, -0.25) is 43.3 Å². The number of ether oxygens (including phenoxy) is 2. The predicted molar refractivity (Wildman–Crippen MR) is 189 cm³/mol. The minimum Gasteiger partial charge on any atom is -0.394 e. The van der Waals surface area contributed by atoms with E-state index in [9.17, 15) is 43.5 Å². The predicted octanol–water partition coefficient (Wildman–Crippen LogP) is -2.43. The summed E-state index contributed by atoms with van der Waals surface area (Å²) in [5, 5.41) is 22.9. The van der Waals surface area contributed by atoms with Gasteiger partial charge in [0.15, 0.2) is 0 Å². The van der Waals surface area contributed by atoms with Crippen molar-refractivity contribution < 1.29 is 52.9 Å². The van der Waals surface area contributed by atoms with Gasteiger partial charge in [0, 0.05) is 63.5 Å². The standard InChI is InChI=1S/C35H51N7O11/c1-24(33(36)49)9-10-28(44)37-14-5-6-15-39-34(50)26(21-25-7-3-2-4-8-25)41-35(51)27(22-43)40-30(46)23-53-20-19-52-18-16-38-29(45)13-17-42-31(47)11-12-32(42)48/h2-4,7-8,11-12,24,26-27,43H,5-6,9-10,13-23H2,1H3,(H2,36,49)(H,37,44)(H,38,45)(H,39,50)(H,40,46)(H,41,51). The van der Waals surface area contributed by atoms with Gasteiger partial charge in [-0.05, 0) is 24.8 Å². The van der Waals surface area contributed by atoms with Crippen molar-refractivity contribution in [2.24, 2.45) is 11.7 Å². The molecule has 0 aromatic heterocycles. The average molecular weight is 746 g/mol. The van der Waals surface area contributed by atoms with Gasteiger partial charge in [-0.1, -0.05) is 37.3 Å². The van der Waals surface area contributed by atoms with Crippen molar-refractivity contribution in [1.82, 2.24) is 31.5 Å². The molecule has 0 saturated carbocycles. The fourth-order valence-electron chi connectivity index (χ4n) is 4.75. The average Bonchev–Trinajstić information content (AvgIpc) is 3.46. The number of nitrogens with zero attached hydrogens (tertiary/aromatic N) is 1. The van der Waals surface area contributed by atoms with E-state index >= 15 is 0 Å². The van der Waals surface area contributed by atoms with E-state index < -0.39 is 66.7 Å². The van der Waals surface area contributed by atoms with Crippen LogP contribution in [0.1, 0.15) is 44.6 Å². The van der Waals surface area contributed by atoms with Crippen LogP contribution in [0.15, 0.2) is 42.5 Å². The van der Waals surface area contributed by atoms with Gasteiger partial charge in [-0.25, -0.2) is 0 Å². The van der Waals surface area contributed by atoms with Crippen LogP contribution < -0.4 is 32.3 Å². The number of nitrogens with two attached hydrogens (primary N) is 1. The van der Waals surface area contributed by atoms with Gasteiger partial charge in [-0.15, -0.1) is 0 Å². The van der Waals surface area contributed by atoms with Gasteiger partial charge in [0.1, 0.15) is 18.7 Å². The molecule has 8 amide bonds. The molecule has 2 rings (SSSR count). The Bertz CT molecular complexity index is 1410. The number of aliphatic hydroxyl groups is 1. The summed E-state index contributed by atoms with van der Waals surface area (Å²) in [7, 11) is 0. The molecule has 1 aliphatic rings. The van der Waals surface area contributed by atoms with Gasteiger partial charge < -0.3 is 46.9 Å². The van der Waals surface area contributed by atoms with Crippen LogP contribution in [0.25, 0.3) is 0 Å². The van der Waals surface area contributed by atoms with Crippen LogP contribution in [0.3, 0.4) is 0 Å². The number of rotatable bonds is 27. The van der Waals surface area contributed by atoms with Gasteiger partial charge in [0.25, 0.3) is 11.8 Å². The van der Waals surface area contributed by atoms with Crippen molar-refractivity contribution in [1.29, 1.82) is 0 Å². The number of imide groups is 1. The molecule has 18 heteroatoms. The van der Waals surface area contributed by atoms with E-state index in [0.717, 1.165) is 22.6 Å². The molecule has 0 aliphatic carbocycles. The number of benzene rings is 1. The summed E-state index contributed by atoms with van der Waals surface area (Å²) in [5.41, 5.74) is 5.98. The summed E-state index contributed by atoms with van der Waals surface area (Å²) in [6, 6.07) is 6.61. The first-order chi connectivity index (χ1) is 25.4. The lowest BCUT2D eigenvalue weighted by Gasteiger charge is -2.22.